The van der Waals surface area contributed by atoms with E-state index < -0.39 is 18.1 Å². The maximum absolute atomic E-state index is 12.6. The SMILES string of the molecule is CCCCCCCCCCCCCCCCCCCCCCCCCC(=O)OC(COCCC(C(=O)O)[N+](C)(C)C)COC(=O)CCCCCC. The number of ether oxygens (including phenoxy) is 3. The molecule has 8 nitrogen and oxygen atoms in total. The molecule has 0 radical (unpaired) electrons. The number of likely N-dealkylation sites (N-methyl/N-ethyl adjacent to an activating group) is 1. The number of esters is 2. The molecular weight excluding hydrogens is 642 g/mol. The number of nitrogens with zero attached hydrogens (tertiary/aromatic N) is 1. The van der Waals surface area contributed by atoms with Crippen molar-refractivity contribution in [2.45, 2.75) is 219 Å². The first-order chi connectivity index (χ1) is 24.6. The van der Waals surface area contributed by atoms with Gasteiger partial charge in [0, 0.05) is 19.3 Å². The number of carboxylic acids is 1. The van der Waals surface area contributed by atoms with Gasteiger partial charge in [-0.2, -0.15) is 0 Å². The van der Waals surface area contributed by atoms with Crippen molar-refractivity contribution in [1.29, 1.82) is 0 Å². The summed E-state index contributed by atoms with van der Waals surface area (Å²) in [7, 11) is 5.52. The minimum atomic E-state index is -0.874. The van der Waals surface area contributed by atoms with Gasteiger partial charge in [-0.05, 0) is 12.8 Å². The minimum Gasteiger partial charge on any atom is -0.477 e. The molecule has 0 bridgehead atoms. The lowest BCUT2D eigenvalue weighted by Gasteiger charge is -2.31. The molecule has 0 aliphatic rings. The summed E-state index contributed by atoms with van der Waals surface area (Å²) in [6.07, 6.45) is 35.0. The van der Waals surface area contributed by atoms with Crippen LogP contribution in [0.4, 0.5) is 0 Å². The molecule has 0 saturated carbocycles. The van der Waals surface area contributed by atoms with Gasteiger partial charge in [0.15, 0.2) is 12.1 Å². The highest BCUT2D eigenvalue weighted by Crippen LogP contribution is 2.16. The zero-order valence-corrected chi connectivity index (χ0v) is 34.3. The summed E-state index contributed by atoms with van der Waals surface area (Å²) in [4.78, 5) is 36.5. The zero-order chi connectivity index (χ0) is 37.8. The average molecular weight is 727 g/mol. The quantitative estimate of drug-likeness (QED) is 0.0382. The molecule has 0 aliphatic carbocycles. The van der Waals surface area contributed by atoms with Crippen LogP contribution in [0.5, 0.6) is 0 Å². The van der Waals surface area contributed by atoms with Crippen LogP contribution in [0.3, 0.4) is 0 Å². The smallest absolute Gasteiger partial charge is 0.362 e. The van der Waals surface area contributed by atoms with Crippen molar-refractivity contribution >= 4 is 17.9 Å². The highest BCUT2D eigenvalue weighted by atomic mass is 16.6. The normalized spacial score (nSPS) is 12.9. The van der Waals surface area contributed by atoms with Crippen LogP contribution in [0.1, 0.15) is 206 Å². The van der Waals surface area contributed by atoms with Gasteiger partial charge in [-0.25, -0.2) is 4.79 Å². The van der Waals surface area contributed by atoms with Crippen LogP contribution in [-0.2, 0) is 28.6 Å². The second kappa shape index (κ2) is 35.4. The lowest BCUT2D eigenvalue weighted by atomic mass is 10.0. The molecule has 0 saturated heterocycles. The fraction of sp³-hybridized carbons (Fsp3) is 0.930. The summed E-state index contributed by atoms with van der Waals surface area (Å²) in [5.74, 6) is -1.47. The Balaban J connectivity index is 3.98. The van der Waals surface area contributed by atoms with Gasteiger partial charge in [0.05, 0.1) is 34.4 Å². The van der Waals surface area contributed by atoms with Gasteiger partial charge in [-0.15, -0.1) is 0 Å². The van der Waals surface area contributed by atoms with E-state index in [0.29, 0.717) is 19.3 Å². The predicted molar refractivity (Wildman–Crippen MR) is 211 cm³/mol. The Morgan fingerprint density at radius 2 is 0.863 bits per heavy atom. The third-order valence-electron chi connectivity index (χ3n) is 10.0. The Kier molecular flexibility index (Phi) is 34.2. The predicted octanol–water partition coefficient (Wildman–Crippen LogP) is 11.4. The summed E-state index contributed by atoms with van der Waals surface area (Å²) in [5.41, 5.74) is 0. The molecule has 0 fully saturated rings. The van der Waals surface area contributed by atoms with E-state index in [4.69, 9.17) is 14.2 Å². The van der Waals surface area contributed by atoms with Crippen LogP contribution in [0.15, 0.2) is 0 Å². The van der Waals surface area contributed by atoms with E-state index in [1.165, 1.54) is 128 Å². The topological polar surface area (TPSA) is 99.1 Å². The molecule has 0 heterocycles. The fourth-order valence-corrected chi connectivity index (χ4v) is 6.62. The number of hydrogen-bond acceptors (Lipinski definition) is 6. The number of carbonyl (C=O) groups excluding carboxylic acids is 2. The first-order valence-corrected chi connectivity index (χ1v) is 21.6. The highest BCUT2D eigenvalue weighted by Gasteiger charge is 2.31. The Morgan fingerprint density at radius 1 is 0.510 bits per heavy atom. The van der Waals surface area contributed by atoms with Crippen LogP contribution in [0.2, 0.25) is 0 Å². The summed E-state index contributed by atoms with van der Waals surface area (Å²) < 4.78 is 17.1. The van der Waals surface area contributed by atoms with Crippen molar-refractivity contribution < 1.29 is 38.2 Å². The number of carboxylic acid groups (broad SMARTS) is 1. The van der Waals surface area contributed by atoms with Crippen LogP contribution < -0.4 is 0 Å². The van der Waals surface area contributed by atoms with Crippen LogP contribution in [-0.4, -0.2) is 80.6 Å². The van der Waals surface area contributed by atoms with Crippen molar-refractivity contribution in [2.24, 2.45) is 0 Å². The molecule has 0 aliphatic heterocycles. The Labute approximate surface area is 315 Å². The zero-order valence-electron chi connectivity index (χ0n) is 34.3. The van der Waals surface area contributed by atoms with Gasteiger partial charge in [0.25, 0.3) is 0 Å². The van der Waals surface area contributed by atoms with Gasteiger partial charge >= 0.3 is 17.9 Å². The van der Waals surface area contributed by atoms with E-state index in [0.717, 1.165) is 44.9 Å². The van der Waals surface area contributed by atoms with Gasteiger partial charge < -0.3 is 23.8 Å². The number of quaternary nitrogens is 1. The van der Waals surface area contributed by atoms with E-state index in [1.54, 1.807) is 0 Å². The van der Waals surface area contributed by atoms with Crippen molar-refractivity contribution in [3.8, 4) is 0 Å². The summed E-state index contributed by atoms with van der Waals surface area (Å²) in [6, 6.07) is -0.606. The number of aliphatic carboxylic acids is 1. The molecule has 2 atom stereocenters. The van der Waals surface area contributed by atoms with Crippen LogP contribution >= 0.6 is 0 Å². The summed E-state index contributed by atoms with van der Waals surface area (Å²) in [6.45, 7) is 4.64. The minimum absolute atomic E-state index is 0.0462. The van der Waals surface area contributed by atoms with Crippen molar-refractivity contribution in [1.82, 2.24) is 0 Å². The molecule has 0 aromatic heterocycles. The molecule has 0 spiro atoms. The lowest BCUT2D eigenvalue weighted by molar-refractivity contribution is -0.887. The Hall–Kier alpha value is -1.67. The fourth-order valence-electron chi connectivity index (χ4n) is 6.62. The lowest BCUT2D eigenvalue weighted by Crippen LogP contribution is -2.50. The van der Waals surface area contributed by atoms with Gasteiger partial charge in [0.2, 0.25) is 0 Å². The second-order valence-corrected chi connectivity index (χ2v) is 16.0. The molecule has 302 valence electrons. The van der Waals surface area contributed by atoms with E-state index >= 15 is 0 Å². The number of carbonyl (C=O) groups is 3. The molecule has 0 amide bonds. The summed E-state index contributed by atoms with van der Waals surface area (Å²) >= 11 is 0. The molecule has 8 heteroatoms. The number of hydrogen-bond donors (Lipinski definition) is 1. The maximum Gasteiger partial charge on any atom is 0.362 e. The number of rotatable bonds is 39. The van der Waals surface area contributed by atoms with Gasteiger partial charge in [-0.3, -0.25) is 9.59 Å². The van der Waals surface area contributed by atoms with E-state index in [9.17, 15) is 19.5 Å². The van der Waals surface area contributed by atoms with Crippen molar-refractivity contribution in [3.63, 3.8) is 0 Å². The number of unbranched alkanes of at least 4 members (excludes halogenated alkanes) is 25. The first-order valence-electron chi connectivity index (χ1n) is 21.6. The Bertz CT molecular complexity index is 813. The van der Waals surface area contributed by atoms with E-state index in [1.807, 2.05) is 21.1 Å². The Morgan fingerprint density at radius 3 is 1.24 bits per heavy atom. The standard InChI is InChI=1S/C43H83NO7/c1-6-8-10-12-13-14-15-16-17-18-19-20-21-22-23-24-25-26-27-28-29-30-32-34-42(46)51-39(38-50-41(45)33-31-11-9-7-2)37-49-36-35-40(43(47)48)44(3,4)5/h39-40H,6-38H2,1-5H3/p+1. The van der Waals surface area contributed by atoms with E-state index in [2.05, 4.69) is 13.8 Å². The molecule has 0 rings (SSSR count). The molecule has 0 aromatic carbocycles. The molecule has 51 heavy (non-hydrogen) atoms. The van der Waals surface area contributed by atoms with Crippen LogP contribution in [0.25, 0.3) is 0 Å². The second-order valence-electron chi connectivity index (χ2n) is 16.0. The average Bonchev–Trinajstić information content (AvgIpc) is 3.08. The van der Waals surface area contributed by atoms with Gasteiger partial charge in [0.1, 0.15) is 6.61 Å². The van der Waals surface area contributed by atoms with Crippen molar-refractivity contribution in [3.05, 3.63) is 0 Å². The summed E-state index contributed by atoms with van der Waals surface area (Å²) in [5, 5.41) is 9.56. The first kappa shape index (κ1) is 49.3. The largest absolute Gasteiger partial charge is 0.477 e. The maximum atomic E-state index is 12.6. The van der Waals surface area contributed by atoms with E-state index in [-0.39, 0.29) is 36.2 Å². The monoisotopic (exact) mass is 727 g/mol. The molecule has 1 N–H and O–H groups in total. The molecule has 2 unspecified atom stereocenters. The van der Waals surface area contributed by atoms with Crippen molar-refractivity contribution in [2.75, 3.05) is 41.0 Å². The van der Waals surface area contributed by atoms with Crippen LogP contribution in [0, 0.1) is 0 Å². The molecule has 0 aromatic rings. The molecular formula is C43H84NO7+. The third-order valence-corrected chi connectivity index (χ3v) is 10.0. The highest BCUT2D eigenvalue weighted by molar-refractivity contribution is 5.72. The van der Waals surface area contributed by atoms with Gasteiger partial charge in [-0.1, -0.05) is 174 Å². The third kappa shape index (κ3) is 33.9.